The first-order valence-electron chi connectivity index (χ1n) is 5.70. The Bertz CT molecular complexity index is 568. The number of nitrogens with zero attached hydrogens (tertiary/aromatic N) is 2. The van der Waals surface area contributed by atoms with Gasteiger partial charge in [0.05, 0.1) is 16.4 Å². The minimum Gasteiger partial charge on any atom is -0.382 e. The molecule has 2 rings (SSSR count). The van der Waals surface area contributed by atoms with E-state index in [0.717, 1.165) is 10.0 Å². The lowest BCUT2D eigenvalue weighted by Crippen LogP contribution is -2.10. The molecule has 1 aromatic carbocycles. The second kappa shape index (κ2) is 5.20. The summed E-state index contributed by atoms with van der Waals surface area (Å²) in [7, 11) is 0. The van der Waals surface area contributed by atoms with Crippen molar-refractivity contribution in [2.75, 3.05) is 0 Å². The number of rotatable bonds is 3. The molecule has 0 fully saturated rings. The Morgan fingerprint density at radius 3 is 2.83 bits per heavy atom. The van der Waals surface area contributed by atoms with Crippen LogP contribution in [-0.2, 0) is 6.54 Å². The molecule has 96 valence electrons. The zero-order valence-corrected chi connectivity index (χ0v) is 11.8. The molecule has 5 heteroatoms. The Morgan fingerprint density at radius 2 is 2.22 bits per heavy atom. The van der Waals surface area contributed by atoms with Gasteiger partial charge in [0.1, 0.15) is 11.9 Å². The molecule has 0 amide bonds. The molecule has 0 aliphatic heterocycles. The average molecular weight is 313 g/mol. The topological polar surface area (TPSA) is 38.0 Å². The molecule has 0 saturated heterocycles. The van der Waals surface area contributed by atoms with E-state index in [2.05, 4.69) is 21.0 Å². The average Bonchev–Trinajstić information content (AvgIpc) is 2.69. The fraction of sp³-hybridized carbons (Fsp3) is 0.308. The maximum Gasteiger partial charge on any atom is 0.123 e. The van der Waals surface area contributed by atoms with Gasteiger partial charge in [-0.3, -0.25) is 4.68 Å². The number of aliphatic hydroxyl groups excluding tert-OH is 1. The van der Waals surface area contributed by atoms with Crippen molar-refractivity contribution in [2.24, 2.45) is 0 Å². The molecule has 2 aromatic rings. The minimum atomic E-state index is -0.817. The quantitative estimate of drug-likeness (QED) is 0.945. The minimum absolute atomic E-state index is 0.300. The summed E-state index contributed by atoms with van der Waals surface area (Å²) >= 11 is 3.38. The van der Waals surface area contributed by atoms with Crippen molar-refractivity contribution >= 4 is 15.9 Å². The zero-order chi connectivity index (χ0) is 13.3. The highest BCUT2D eigenvalue weighted by molar-refractivity contribution is 9.10. The van der Waals surface area contributed by atoms with Crippen LogP contribution in [0.15, 0.2) is 28.9 Å². The summed E-state index contributed by atoms with van der Waals surface area (Å²) in [6, 6.07) is 4.37. The van der Waals surface area contributed by atoms with E-state index in [1.54, 1.807) is 23.9 Å². The molecule has 1 aromatic heterocycles. The summed E-state index contributed by atoms with van der Waals surface area (Å²) < 4.78 is 15.5. The zero-order valence-electron chi connectivity index (χ0n) is 10.2. The fourth-order valence-electron chi connectivity index (χ4n) is 1.99. The van der Waals surface area contributed by atoms with Gasteiger partial charge >= 0.3 is 0 Å². The largest absolute Gasteiger partial charge is 0.382 e. The Kier molecular flexibility index (Phi) is 3.82. The Labute approximate surface area is 113 Å². The number of benzene rings is 1. The van der Waals surface area contributed by atoms with Crippen LogP contribution in [0.5, 0.6) is 0 Å². The van der Waals surface area contributed by atoms with Crippen molar-refractivity contribution in [1.82, 2.24) is 9.78 Å². The van der Waals surface area contributed by atoms with Crippen LogP contribution in [0.2, 0.25) is 0 Å². The lowest BCUT2D eigenvalue weighted by atomic mass is 10.0. The molecule has 18 heavy (non-hydrogen) atoms. The van der Waals surface area contributed by atoms with E-state index in [0.29, 0.717) is 17.8 Å². The lowest BCUT2D eigenvalue weighted by molar-refractivity contribution is 0.206. The number of aryl methyl sites for hydroxylation is 2. The highest BCUT2D eigenvalue weighted by atomic mass is 79.9. The number of hydrogen-bond acceptors (Lipinski definition) is 2. The third-order valence-corrected chi connectivity index (χ3v) is 3.53. The molecule has 0 aliphatic carbocycles. The summed E-state index contributed by atoms with van der Waals surface area (Å²) in [5.41, 5.74) is 2.10. The molecule has 1 unspecified atom stereocenters. The van der Waals surface area contributed by atoms with Gasteiger partial charge in [-0.1, -0.05) is 6.07 Å². The molecule has 1 atom stereocenters. The van der Waals surface area contributed by atoms with Crippen LogP contribution in [0, 0.1) is 12.7 Å². The van der Waals surface area contributed by atoms with Crippen molar-refractivity contribution in [1.29, 1.82) is 0 Å². The van der Waals surface area contributed by atoms with Gasteiger partial charge in [-0.15, -0.1) is 0 Å². The van der Waals surface area contributed by atoms with E-state index in [4.69, 9.17) is 0 Å². The first kappa shape index (κ1) is 13.2. The van der Waals surface area contributed by atoms with Crippen LogP contribution in [0.1, 0.15) is 29.8 Å². The predicted molar refractivity (Wildman–Crippen MR) is 70.8 cm³/mol. The van der Waals surface area contributed by atoms with E-state index in [9.17, 15) is 9.50 Å². The van der Waals surface area contributed by atoms with E-state index in [1.807, 2.05) is 6.92 Å². The van der Waals surface area contributed by atoms with Crippen LogP contribution >= 0.6 is 15.9 Å². The molecule has 0 aliphatic rings. The van der Waals surface area contributed by atoms with Crippen LogP contribution in [0.25, 0.3) is 0 Å². The second-order valence-electron chi connectivity index (χ2n) is 4.10. The first-order valence-corrected chi connectivity index (χ1v) is 6.49. The van der Waals surface area contributed by atoms with Crippen molar-refractivity contribution in [3.8, 4) is 0 Å². The smallest absolute Gasteiger partial charge is 0.123 e. The van der Waals surface area contributed by atoms with Crippen LogP contribution < -0.4 is 0 Å². The van der Waals surface area contributed by atoms with E-state index >= 15 is 0 Å². The number of halogens is 2. The highest BCUT2D eigenvalue weighted by Gasteiger charge is 2.20. The SMILES string of the molecule is CCn1ncc(Br)c1C(O)c1ccc(F)cc1C. The molecule has 1 N–H and O–H groups in total. The monoisotopic (exact) mass is 312 g/mol. The Hall–Kier alpha value is -1.20. The van der Waals surface area contributed by atoms with E-state index in [-0.39, 0.29) is 5.82 Å². The fourth-order valence-corrected chi connectivity index (χ4v) is 2.50. The third-order valence-electron chi connectivity index (χ3n) is 2.92. The van der Waals surface area contributed by atoms with Crippen LogP contribution in [0.3, 0.4) is 0 Å². The molecular weight excluding hydrogens is 299 g/mol. The predicted octanol–water partition coefficient (Wildman–Crippen LogP) is 3.19. The van der Waals surface area contributed by atoms with Crippen molar-refractivity contribution < 1.29 is 9.50 Å². The van der Waals surface area contributed by atoms with Gasteiger partial charge < -0.3 is 5.11 Å². The standard InChI is InChI=1S/C13H14BrFN2O/c1-3-17-12(11(14)7-16-17)13(18)10-5-4-9(15)6-8(10)2/h4-7,13,18H,3H2,1-2H3. The second-order valence-corrected chi connectivity index (χ2v) is 4.95. The van der Waals surface area contributed by atoms with Crippen molar-refractivity contribution in [3.05, 3.63) is 51.5 Å². The maximum atomic E-state index is 13.1. The first-order chi connectivity index (χ1) is 8.54. The molecule has 0 spiro atoms. The van der Waals surface area contributed by atoms with Crippen LogP contribution in [0.4, 0.5) is 4.39 Å². The number of hydrogen-bond donors (Lipinski definition) is 1. The third kappa shape index (κ3) is 2.33. The van der Waals surface area contributed by atoms with Gasteiger partial charge in [0.2, 0.25) is 0 Å². The van der Waals surface area contributed by atoms with E-state index < -0.39 is 6.10 Å². The molecular formula is C13H14BrFN2O. The van der Waals surface area contributed by atoms with Gasteiger partial charge in [-0.05, 0) is 53.0 Å². The summed E-state index contributed by atoms with van der Waals surface area (Å²) in [6.45, 7) is 4.40. The summed E-state index contributed by atoms with van der Waals surface area (Å²) in [5, 5.41) is 14.6. The van der Waals surface area contributed by atoms with Gasteiger partial charge in [0.15, 0.2) is 0 Å². The van der Waals surface area contributed by atoms with Gasteiger partial charge in [-0.2, -0.15) is 5.10 Å². The molecule has 0 saturated carbocycles. The van der Waals surface area contributed by atoms with Crippen molar-refractivity contribution in [3.63, 3.8) is 0 Å². The van der Waals surface area contributed by atoms with Gasteiger partial charge in [-0.25, -0.2) is 4.39 Å². The van der Waals surface area contributed by atoms with Crippen molar-refractivity contribution in [2.45, 2.75) is 26.5 Å². The molecule has 3 nitrogen and oxygen atoms in total. The molecule has 1 heterocycles. The Balaban J connectivity index is 2.47. The number of aromatic nitrogens is 2. The molecule has 0 bridgehead atoms. The lowest BCUT2D eigenvalue weighted by Gasteiger charge is -2.16. The van der Waals surface area contributed by atoms with Gasteiger partial charge in [0, 0.05) is 6.54 Å². The highest BCUT2D eigenvalue weighted by Crippen LogP contribution is 2.30. The number of aliphatic hydroxyl groups is 1. The summed E-state index contributed by atoms with van der Waals surface area (Å²) in [6.07, 6.45) is 0.836. The van der Waals surface area contributed by atoms with Gasteiger partial charge in [0.25, 0.3) is 0 Å². The summed E-state index contributed by atoms with van der Waals surface area (Å²) in [5.74, 6) is -0.300. The van der Waals surface area contributed by atoms with Crippen LogP contribution in [-0.4, -0.2) is 14.9 Å². The summed E-state index contributed by atoms with van der Waals surface area (Å²) in [4.78, 5) is 0. The molecule has 0 radical (unpaired) electrons. The normalized spacial score (nSPS) is 12.7. The van der Waals surface area contributed by atoms with E-state index in [1.165, 1.54) is 12.1 Å². The maximum absolute atomic E-state index is 13.1. The Morgan fingerprint density at radius 1 is 1.50 bits per heavy atom.